The summed E-state index contributed by atoms with van der Waals surface area (Å²) in [6, 6.07) is 0. The molecule has 0 fully saturated rings. The molecule has 1 rings (SSSR count). The number of amides is 1. The molecule has 1 atom stereocenters. The molecule has 0 aliphatic carbocycles. The summed E-state index contributed by atoms with van der Waals surface area (Å²) in [7, 11) is 1.39. The summed E-state index contributed by atoms with van der Waals surface area (Å²) in [6.07, 6.45) is 0.0582. The van der Waals surface area contributed by atoms with Crippen molar-refractivity contribution in [2.75, 3.05) is 7.11 Å². The molecule has 1 amide bonds. The standard InChI is InChI=1S/C9H15NO4/c1-9(2,3)14-10-7(11)5-6(13-4)8(10)12/h5,8,12H,1-4H3. The van der Waals surface area contributed by atoms with Crippen molar-refractivity contribution in [3.63, 3.8) is 0 Å². The molecule has 0 spiro atoms. The normalized spacial score (nSPS) is 22.6. The number of hydrogen-bond acceptors (Lipinski definition) is 4. The highest BCUT2D eigenvalue weighted by molar-refractivity contribution is 5.90. The lowest BCUT2D eigenvalue weighted by molar-refractivity contribution is -0.262. The minimum Gasteiger partial charge on any atom is -0.496 e. The number of methoxy groups -OCH3 is 1. The van der Waals surface area contributed by atoms with Gasteiger partial charge in [-0.05, 0) is 20.8 Å². The van der Waals surface area contributed by atoms with Gasteiger partial charge in [0.2, 0.25) is 6.23 Å². The quantitative estimate of drug-likeness (QED) is 0.703. The molecular weight excluding hydrogens is 186 g/mol. The number of hydroxylamine groups is 2. The van der Waals surface area contributed by atoms with Crippen LogP contribution in [0.25, 0.3) is 0 Å². The van der Waals surface area contributed by atoms with E-state index in [4.69, 9.17) is 9.57 Å². The smallest absolute Gasteiger partial charge is 0.276 e. The van der Waals surface area contributed by atoms with Gasteiger partial charge in [-0.2, -0.15) is 5.06 Å². The molecule has 0 aromatic carbocycles. The van der Waals surface area contributed by atoms with Crippen LogP contribution < -0.4 is 0 Å². The predicted octanol–water partition coefficient (Wildman–Crippen LogP) is 0.407. The molecule has 1 unspecified atom stereocenters. The fourth-order valence-electron chi connectivity index (χ4n) is 1.05. The first-order valence-electron chi connectivity index (χ1n) is 4.31. The Morgan fingerprint density at radius 3 is 2.43 bits per heavy atom. The molecule has 1 heterocycles. The van der Waals surface area contributed by atoms with Crippen LogP contribution in [0.5, 0.6) is 0 Å². The molecule has 1 aliphatic rings. The summed E-state index contributed by atoms with van der Waals surface area (Å²) in [5.41, 5.74) is -0.534. The SMILES string of the molecule is COC1=CC(=O)N(OC(C)(C)C)C1O. The van der Waals surface area contributed by atoms with Crippen LogP contribution in [-0.4, -0.2) is 35.0 Å². The second kappa shape index (κ2) is 3.59. The number of carbonyl (C=O) groups is 1. The summed E-state index contributed by atoms with van der Waals surface area (Å²) in [4.78, 5) is 16.6. The Kier molecular flexibility index (Phi) is 2.82. The Labute approximate surface area is 82.9 Å². The van der Waals surface area contributed by atoms with E-state index >= 15 is 0 Å². The van der Waals surface area contributed by atoms with Gasteiger partial charge in [-0.1, -0.05) is 0 Å². The molecule has 5 nitrogen and oxygen atoms in total. The first-order chi connectivity index (χ1) is 6.35. The Morgan fingerprint density at radius 2 is 2.07 bits per heavy atom. The van der Waals surface area contributed by atoms with Gasteiger partial charge in [0.25, 0.3) is 5.91 Å². The van der Waals surface area contributed by atoms with Crippen LogP contribution in [0.2, 0.25) is 0 Å². The number of aliphatic hydroxyl groups is 1. The molecule has 0 aromatic heterocycles. The van der Waals surface area contributed by atoms with Gasteiger partial charge in [0.15, 0.2) is 5.76 Å². The van der Waals surface area contributed by atoms with E-state index in [1.807, 2.05) is 0 Å². The topological polar surface area (TPSA) is 59.0 Å². The van der Waals surface area contributed by atoms with Crippen LogP contribution in [0.3, 0.4) is 0 Å². The molecule has 5 heteroatoms. The lowest BCUT2D eigenvalue weighted by Crippen LogP contribution is -2.41. The number of hydrogen-bond donors (Lipinski definition) is 1. The Hall–Kier alpha value is -1.07. The molecule has 1 N–H and O–H groups in total. The van der Waals surface area contributed by atoms with Crippen LogP contribution >= 0.6 is 0 Å². The van der Waals surface area contributed by atoms with E-state index in [0.717, 1.165) is 5.06 Å². The van der Waals surface area contributed by atoms with E-state index in [9.17, 15) is 9.90 Å². The van der Waals surface area contributed by atoms with E-state index in [1.54, 1.807) is 20.8 Å². The molecule has 0 bridgehead atoms. The number of ether oxygens (including phenoxy) is 1. The molecule has 14 heavy (non-hydrogen) atoms. The van der Waals surface area contributed by atoms with Gasteiger partial charge in [0.05, 0.1) is 12.7 Å². The third-order valence-corrected chi connectivity index (χ3v) is 1.57. The van der Waals surface area contributed by atoms with Crippen molar-refractivity contribution in [1.82, 2.24) is 5.06 Å². The highest BCUT2D eigenvalue weighted by Crippen LogP contribution is 2.22. The van der Waals surface area contributed by atoms with Crippen molar-refractivity contribution < 1.29 is 19.5 Å². The molecule has 1 aliphatic heterocycles. The first kappa shape index (κ1) is 11.0. The van der Waals surface area contributed by atoms with E-state index in [0.29, 0.717) is 0 Å². The Balaban J connectivity index is 2.71. The third-order valence-electron chi connectivity index (χ3n) is 1.57. The van der Waals surface area contributed by atoms with Gasteiger partial charge < -0.3 is 9.84 Å². The van der Waals surface area contributed by atoms with Crippen molar-refractivity contribution in [3.05, 3.63) is 11.8 Å². The van der Waals surface area contributed by atoms with Crippen LogP contribution in [0.4, 0.5) is 0 Å². The van der Waals surface area contributed by atoms with Gasteiger partial charge in [-0.25, -0.2) is 0 Å². The summed E-state index contributed by atoms with van der Waals surface area (Å²) >= 11 is 0. The predicted molar refractivity (Wildman–Crippen MR) is 48.8 cm³/mol. The lowest BCUT2D eigenvalue weighted by atomic mass is 10.2. The van der Waals surface area contributed by atoms with Crippen LogP contribution in [0, 0.1) is 0 Å². The molecular formula is C9H15NO4. The second-order valence-electron chi connectivity index (χ2n) is 3.99. The zero-order chi connectivity index (χ0) is 10.9. The number of rotatable bonds is 2. The zero-order valence-electron chi connectivity index (χ0n) is 8.77. The maximum atomic E-state index is 11.3. The number of nitrogens with zero attached hydrogens (tertiary/aromatic N) is 1. The van der Waals surface area contributed by atoms with Crippen molar-refractivity contribution in [2.45, 2.75) is 32.6 Å². The Bertz CT molecular complexity index is 266. The zero-order valence-corrected chi connectivity index (χ0v) is 8.77. The van der Waals surface area contributed by atoms with Gasteiger partial charge >= 0.3 is 0 Å². The van der Waals surface area contributed by atoms with Crippen molar-refractivity contribution >= 4 is 5.91 Å². The van der Waals surface area contributed by atoms with E-state index in [-0.39, 0.29) is 5.76 Å². The maximum Gasteiger partial charge on any atom is 0.276 e. The van der Waals surface area contributed by atoms with Gasteiger partial charge in [-0.3, -0.25) is 9.63 Å². The molecule has 80 valence electrons. The minimum absolute atomic E-state index is 0.194. The van der Waals surface area contributed by atoms with E-state index in [2.05, 4.69) is 0 Å². The summed E-state index contributed by atoms with van der Waals surface area (Å²) in [5.74, 6) is -0.219. The van der Waals surface area contributed by atoms with Gasteiger partial charge in [0, 0.05) is 6.08 Å². The van der Waals surface area contributed by atoms with E-state index < -0.39 is 17.7 Å². The van der Waals surface area contributed by atoms with Crippen LogP contribution in [-0.2, 0) is 14.4 Å². The van der Waals surface area contributed by atoms with Gasteiger partial charge in [-0.15, -0.1) is 0 Å². The summed E-state index contributed by atoms with van der Waals surface area (Å²) < 4.78 is 4.81. The molecule has 0 radical (unpaired) electrons. The van der Waals surface area contributed by atoms with Crippen molar-refractivity contribution in [3.8, 4) is 0 Å². The van der Waals surface area contributed by atoms with Crippen molar-refractivity contribution in [1.29, 1.82) is 0 Å². The average molecular weight is 201 g/mol. The summed E-state index contributed by atoms with van der Waals surface area (Å²) in [6.45, 7) is 5.37. The maximum absolute atomic E-state index is 11.3. The van der Waals surface area contributed by atoms with Crippen LogP contribution in [0.15, 0.2) is 11.8 Å². The number of carbonyl (C=O) groups excluding carboxylic acids is 1. The van der Waals surface area contributed by atoms with E-state index in [1.165, 1.54) is 13.2 Å². The average Bonchev–Trinajstić information content (AvgIpc) is 2.29. The fourth-order valence-corrected chi connectivity index (χ4v) is 1.05. The highest BCUT2D eigenvalue weighted by Gasteiger charge is 2.36. The fraction of sp³-hybridized carbons (Fsp3) is 0.667. The molecule has 0 saturated carbocycles. The third kappa shape index (κ3) is 2.24. The monoisotopic (exact) mass is 201 g/mol. The minimum atomic E-state index is -1.15. The second-order valence-corrected chi connectivity index (χ2v) is 3.99. The highest BCUT2D eigenvalue weighted by atomic mass is 16.7. The van der Waals surface area contributed by atoms with Crippen molar-refractivity contribution in [2.24, 2.45) is 0 Å². The summed E-state index contributed by atoms with van der Waals surface area (Å²) in [5, 5.41) is 10.5. The lowest BCUT2D eigenvalue weighted by Gasteiger charge is -2.28. The first-order valence-corrected chi connectivity index (χ1v) is 4.31. The van der Waals surface area contributed by atoms with Gasteiger partial charge in [0.1, 0.15) is 0 Å². The number of aliphatic hydroxyl groups excluding tert-OH is 1. The molecule has 0 saturated heterocycles. The Morgan fingerprint density at radius 1 is 1.50 bits per heavy atom. The largest absolute Gasteiger partial charge is 0.496 e. The molecule has 0 aromatic rings. The van der Waals surface area contributed by atoms with Crippen LogP contribution in [0.1, 0.15) is 20.8 Å².